The number of rotatable bonds is 14. The third-order valence-corrected chi connectivity index (χ3v) is 9.17. The van der Waals surface area contributed by atoms with Gasteiger partial charge in [0, 0.05) is 37.1 Å². The first-order valence-electron chi connectivity index (χ1n) is 14.3. The van der Waals surface area contributed by atoms with Gasteiger partial charge in [-0.15, -0.1) is 0 Å². The molecule has 1 saturated heterocycles. The van der Waals surface area contributed by atoms with Crippen LogP contribution in [0.4, 0.5) is 17.1 Å². The lowest BCUT2D eigenvalue weighted by Crippen LogP contribution is -2.43. The zero-order chi connectivity index (χ0) is 31.0. The Kier molecular flexibility index (Phi) is 10.8. The summed E-state index contributed by atoms with van der Waals surface area (Å²) in [5.41, 5.74) is 1.97. The summed E-state index contributed by atoms with van der Waals surface area (Å²) in [6, 6.07) is 18.2. The van der Waals surface area contributed by atoms with Gasteiger partial charge in [-0.05, 0) is 85.5 Å². The number of sulfonamides is 2. The molecular formula is C30H40N4O7S2. The number of phenolic OH excluding ortho intramolecular Hbond substituents is 1. The molecule has 234 valence electrons. The molecule has 0 saturated carbocycles. The van der Waals surface area contributed by atoms with E-state index in [-0.39, 0.29) is 28.9 Å². The van der Waals surface area contributed by atoms with E-state index in [1.807, 2.05) is 12.1 Å². The number of ether oxygens (including phenoxy) is 1. The van der Waals surface area contributed by atoms with Crippen LogP contribution in [-0.4, -0.2) is 65.6 Å². The van der Waals surface area contributed by atoms with Gasteiger partial charge in [-0.1, -0.05) is 19.4 Å². The Morgan fingerprint density at radius 1 is 0.953 bits per heavy atom. The van der Waals surface area contributed by atoms with Crippen LogP contribution in [0.15, 0.2) is 71.6 Å². The SMILES string of the molecule is CCCCOc1ccc(S(=O)(=O)Nc2ccc(N3CCC(NCC(O)c4ccc(O)c(NS(C)(=O)=O)c4)CC3)cc2)cc1. The van der Waals surface area contributed by atoms with Gasteiger partial charge in [-0.25, -0.2) is 16.8 Å². The van der Waals surface area contributed by atoms with Gasteiger partial charge in [0.1, 0.15) is 11.5 Å². The molecule has 1 aliphatic rings. The average Bonchev–Trinajstić information content (AvgIpc) is 2.97. The van der Waals surface area contributed by atoms with Crippen molar-refractivity contribution in [3.63, 3.8) is 0 Å². The third-order valence-electron chi connectivity index (χ3n) is 7.18. The first-order valence-corrected chi connectivity index (χ1v) is 17.6. The molecule has 0 radical (unpaired) electrons. The Morgan fingerprint density at radius 2 is 1.63 bits per heavy atom. The zero-order valence-corrected chi connectivity index (χ0v) is 26.0. The number of anilines is 3. The number of piperidine rings is 1. The van der Waals surface area contributed by atoms with Crippen LogP contribution < -0.4 is 24.4 Å². The van der Waals surface area contributed by atoms with Crippen LogP contribution in [0, 0.1) is 0 Å². The second-order valence-electron chi connectivity index (χ2n) is 10.7. The third kappa shape index (κ3) is 9.48. The van der Waals surface area contributed by atoms with Gasteiger partial charge >= 0.3 is 0 Å². The number of phenols is 1. The molecule has 4 rings (SSSR count). The van der Waals surface area contributed by atoms with Crippen molar-refractivity contribution in [3.8, 4) is 11.5 Å². The van der Waals surface area contributed by atoms with Crippen molar-refractivity contribution in [1.82, 2.24) is 5.32 Å². The minimum Gasteiger partial charge on any atom is -0.506 e. The van der Waals surface area contributed by atoms with E-state index in [4.69, 9.17) is 4.74 Å². The monoisotopic (exact) mass is 632 g/mol. The molecule has 0 spiro atoms. The van der Waals surface area contributed by atoms with E-state index in [1.165, 1.54) is 24.3 Å². The highest BCUT2D eigenvalue weighted by Gasteiger charge is 2.21. The van der Waals surface area contributed by atoms with E-state index in [9.17, 15) is 27.0 Å². The fourth-order valence-electron chi connectivity index (χ4n) is 4.78. The van der Waals surface area contributed by atoms with Gasteiger partial charge in [-0.3, -0.25) is 9.44 Å². The van der Waals surface area contributed by atoms with Gasteiger partial charge < -0.3 is 25.2 Å². The molecule has 1 fully saturated rings. The molecule has 3 aromatic carbocycles. The fraction of sp³-hybridized carbons (Fsp3) is 0.400. The average molecular weight is 633 g/mol. The normalized spacial score (nSPS) is 15.2. The smallest absolute Gasteiger partial charge is 0.261 e. The van der Waals surface area contributed by atoms with Crippen molar-refractivity contribution in [3.05, 3.63) is 72.3 Å². The van der Waals surface area contributed by atoms with Crippen molar-refractivity contribution in [2.75, 3.05) is 46.8 Å². The van der Waals surface area contributed by atoms with Crippen molar-refractivity contribution in [2.45, 2.75) is 49.6 Å². The van der Waals surface area contributed by atoms with Crippen molar-refractivity contribution < 1.29 is 31.8 Å². The molecule has 5 N–H and O–H groups in total. The van der Waals surface area contributed by atoms with Crippen LogP contribution in [0.3, 0.4) is 0 Å². The maximum absolute atomic E-state index is 12.9. The minimum atomic E-state index is -3.74. The standard InChI is InChI=1S/C30H40N4O7S2/c1-3-4-19-41-26-10-12-27(13-11-26)43(39,40)32-24-6-8-25(9-7-24)34-17-15-23(16-18-34)31-21-30(36)22-5-14-29(35)28(20-22)33-42(2,37)38/h5-14,20,23,30-33,35-36H,3-4,15-19,21H2,1-2H3. The van der Waals surface area contributed by atoms with E-state index < -0.39 is 26.2 Å². The summed E-state index contributed by atoms with van der Waals surface area (Å²) < 4.78 is 59.3. The second kappa shape index (κ2) is 14.3. The van der Waals surface area contributed by atoms with E-state index in [1.54, 1.807) is 30.3 Å². The quantitative estimate of drug-likeness (QED) is 0.131. The molecule has 1 unspecified atom stereocenters. The number of hydrogen-bond donors (Lipinski definition) is 5. The molecule has 0 aliphatic carbocycles. The summed E-state index contributed by atoms with van der Waals surface area (Å²) in [6.07, 6.45) is 3.76. The Bertz CT molecular complexity index is 1560. The number of aliphatic hydroxyl groups is 1. The van der Waals surface area contributed by atoms with E-state index in [0.717, 1.165) is 50.7 Å². The molecule has 0 aromatic heterocycles. The molecule has 1 atom stereocenters. The molecule has 3 aromatic rings. The lowest BCUT2D eigenvalue weighted by atomic mass is 10.0. The van der Waals surface area contributed by atoms with Gasteiger partial charge in [0.05, 0.1) is 29.5 Å². The van der Waals surface area contributed by atoms with E-state index in [0.29, 0.717) is 23.6 Å². The van der Waals surface area contributed by atoms with Crippen LogP contribution in [0.5, 0.6) is 11.5 Å². The molecule has 43 heavy (non-hydrogen) atoms. The van der Waals surface area contributed by atoms with Crippen molar-refractivity contribution in [1.29, 1.82) is 0 Å². The van der Waals surface area contributed by atoms with Crippen LogP contribution in [-0.2, 0) is 20.0 Å². The molecule has 1 heterocycles. The Hall–Kier alpha value is -3.52. The summed E-state index contributed by atoms with van der Waals surface area (Å²) in [5, 5.41) is 23.9. The maximum Gasteiger partial charge on any atom is 0.261 e. The lowest BCUT2D eigenvalue weighted by molar-refractivity contribution is 0.167. The highest BCUT2D eigenvalue weighted by molar-refractivity contribution is 7.92. The lowest BCUT2D eigenvalue weighted by Gasteiger charge is -2.34. The Balaban J connectivity index is 1.25. The summed E-state index contributed by atoms with van der Waals surface area (Å²) in [5.74, 6) is 0.424. The largest absolute Gasteiger partial charge is 0.506 e. The molecular weight excluding hydrogens is 592 g/mol. The van der Waals surface area contributed by atoms with Crippen LogP contribution >= 0.6 is 0 Å². The Labute approximate surface area is 254 Å². The van der Waals surface area contributed by atoms with Crippen molar-refractivity contribution >= 4 is 37.1 Å². The topological polar surface area (TPSA) is 157 Å². The summed E-state index contributed by atoms with van der Waals surface area (Å²) in [4.78, 5) is 2.39. The van der Waals surface area contributed by atoms with E-state index in [2.05, 4.69) is 26.6 Å². The zero-order valence-electron chi connectivity index (χ0n) is 24.4. The number of unbranched alkanes of at least 4 members (excludes halogenated alkanes) is 1. The molecule has 11 nitrogen and oxygen atoms in total. The van der Waals surface area contributed by atoms with Gasteiger partial charge in [-0.2, -0.15) is 0 Å². The summed E-state index contributed by atoms with van der Waals surface area (Å²) in [6.45, 7) is 4.52. The number of aromatic hydroxyl groups is 1. The molecule has 13 heteroatoms. The summed E-state index contributed by atoms with van der Waals surface area (Å²) >= 11 is 0. The number of aliphatic hydroxyl groups excluding tert-OH is 1. The first-order chi connectivity index (χ1) is 20.4. The first kappa shape index (κ1) is 32.4. The summed E-state index contributed by atoms with van der Waals surface area (Å²) in [7, 11) is -7.31. The number of benzene rings is 3. The Morgan fingerprint density at radius 3 is 2.26 bits per heavy atom. The second-order valence-corrected chi connectivity index (χ2v) is 14.1. The van der Waals surface area contributed by atoms with Crippen LogP contribution in [0.2, 0.25) is 0 Å². The van der Waals surface area contributed by atoms with Crippen molar-refractivity contribution in [2.24, 2.45) is 0 Å². The predicted molar refractivity (Wildman–Crippen MR) is 169 cm³/mol. The number of hydrogen-bond acceptors (Lipinski definition) is 9. The van der Waals surface area contributed by atoms with Crippen LogP contribution in [0.25, 0.3) is 0 Å². The highest BCUT2D eigenvalue weighted by Crippen LogP contribution is 2.28. The minimum absolute atomic E-state index is 0.0214. The highest BCUT2D eigenvalue weighted by atomic mass is 32.2. The maximum atomic E-state index is 12.9. The van der Waals surface area contributed by atoms with Gasteiger partial charge in [0.15, 0.2) is 0 Å². The predicted octanol–water partition coefficient (Wildman–Crippen LogP) is 4.04. The number of nitrogens with one attached hydrogen (secondary N) is 3. The molecule has 0 bridgehead atoms. The molecule has 1 aliphatic heterocycles. The van der Waals surface area contributed by atoms with Gasteiger partial charge in [0.25, 0.3) is 10.0 Å². The van der Waals surface area contributed by atoms with Gasteiger partial charge in [0.2, 0.25) is 10.0 Å². The van der Waals surface area contributed by atoms with E-state index >= 15 is 0 Å². The van der Waals surface area contributed by atoms with Crippen LogP contribution in [0.1, 0.15) is 44.3 Å². The molecule has 0 amide bonds. The fourth-order valence-corrected chi connectivity index (χ4v) is 6.41. The number of nitrogens with zero attached hydrogens (tertiary/aromatic N) is 1.